The van der Waals surface area contributed by atoms with Crippen molar-refractivity contribution in [1.29, 1.82) is 0 Å². The molecule has 52 heavy (non-hydrogen) atoms. The fourth-order valence-corrected chi connectivity index (χ4v) is 6.72. The molecule has 0 heterocycles. The summed E-state index contributed by atoms with van der Waals surface area (Å²) in [6.07, 6.45) is 4.99. The van der Waals surface area contributed by atoms with Crippen molar-refractivity contribution in [2.24, 2.45) is 0 Å². The van der Waals surface area contributed by atoms with E-state index >= 15 is 0 Å². The molecule has 0 aromatic heterocycles. The second-order valence-corrected chi connectivity index (χ2v) is 14.2. The van der Waals surface area contributed by atoms with Crippen molar-refractivity contribution < 1.29 is 34.8 Å². The Balaban J connectivity index is 1.16. The van der Waals surface area contributed by atoms with Gasteiger partial charge in [-0.2, -0.15) is 16.8 Å². The molecule has 5 aromatic rings. The van der Waals surface area contributed by atoms with Crippen molar-refractivity contribution >= 4 is 55.0 Å². The lowest BCUT2D eigenvalue weighted by atomic mass is 10.1. The second-order valence-electron chi connectivity index (χ2n) is 11.1. The van der Waals surface area contributed by atoms with Gasteiger partial charge in [-0.3, -0.25) is 0 Å². The topological polar surface area (TPSA) is 169 Å². The number of allylic oxidation sites excluding steroid dienone is 2. The van der Waals surface area contributed by atoms with Gasteiger partial charge in [-0.15, -0.1) is 13.2 Å². The van der Waals surface area contributed by atoms with E-state index in [0.717, 1.165) is 17.2 Å². The summed E-state index contributed by atoms with van der Waals surface area (Å²) in [6, 6.07) is 29.2. The summed E-state index contributed by atoms with van der Waals surface area (Å²) in [7, 11) is -8.95. The van der Waals surface area contributed by atoms with Crippen molar-refractivity contribution in [3.8, 4) is 11.5 Å². The van der Waals surface area contributed by atoms with E-state index in [1.54, 1.807) is 36.4 Å². The Morgan fingerprint density at radius 1 is 0.500 bits per heavy atom. The van der Waals surface area contributed by atoms with Crippen LogP contribution in [0.1, 0.15) is 11.1 Å². The monoisotopic (exact) mass is 738 g/mol. The Morgan fingerprint density at radius 3 is 1.12 bits per heavy atom. The molecule has 12 nitrogen and oxygen atoms in total. The van der Waals surface area contributed by atoms with Crippen LogP contribution in [0, 0.1) is 0 Å². The summed E-state index contributed by atoms with van der Waals surface area (Å²) in [5.41, 5.74) is 4.01. The Morgan fingerprint density at radius 2 is 0.808 bits per heavy atom. The number of urea groups is 2. The highest BCUT2D eigenvalue weighted by atomic mass is 32.2. The van der Waals surface area contributed by atoms with Crippen LogP contribution in [0.25, 0.3) is 0 Å². The van der Waals surface area contributed by atoms with Crippen LogP contribution in [0.5, 0.6) is 11.5 Å². The molecule has 0 saturated heterocycles. The maximum atomic E-state index is 13.1. The molecule has 0 aliphatic heterocycles. The number of nitrogens with one attached hydrogen (secondary N) is 4. The third-order valence-electron chi connectivity index (χ3n) is 7.20. The van der Waals surface area contributed by atoms with Crippen molar-refractivity contribution in [3.05, 3.63) is 158 Å². The predicted molar refractivity (Wildman–Crippen MR) is 201 cm³/mol. The molecule has 0 radical (unpaired) electrons. The van der Waals surface area contributed by atoms with Crippen LogP contribution in [-0.2, 0) is 33.1 Å². The average Bonchev–Trinajstić information content (AvgIpc) is 3.12. The van der Waals surface area contributed by atoms with Crippen LogP contribution < -0.4 is 29.6 Å². The lowest BCUT2D eigenvalue weighted by Crippen LogP contribution is -2.19. The van der Waals surface area contributed by atoms with E-state index in [9.17, 15) is 26.4 Å². The van der Waals surface area contributed by atoms with E-state index in [-0.39, 0.29) is 11.5 Å². The van der Waals surface area contributed by atoms with Crippen molar-refractivity contribution in [2.75, 3.05) is 21.3 Å². The minimum absolute atomic E-state index is 0.0721. The van der Waals surface area contributed by atoms with E-state index in [2.05, 4.69) is 34.4 Å². The fraction of sp³-hybridized carbons (Fsp3) is 0.0526. The summed E-state index contributed by atoms with van der Waals surface area (Å²) >= 11 is 0. The molecule has 4 amide bonds. The van der Waals surface area contributed by atoms with Crippen molar-refractivity contribution in [3.63, 3.8) is 0 Å². The van der Waals surface area contributed by atoms with Gasteiger partial charge in [0.15, 0.2) is 0 Å². The molecular formula is C38H34N4O8S2. The van der Waals surface area contributed by atoms with Crippen molar-refractivity contribution in [1.82, 2.24) is 0 Å². The first-order valence-corrected chi connectivity index (χ1v) is 18.5. The van der Waals surface area contributed by atoms with Gasteiger partial charge in [-0.05, 0) is 115 Å². The molecule has 266 valence electrons. The standard InChI is InChI=1S/C38H34N4O8S2/c1-3-6-27-10-14-29(15-11-27)39-37(43)41-31-18-22-33(23-19-31)49-51(45,46)35-8-5-9-36(26-35)52(47,48)50-34-24-20-32(21-25-34)42-38(44)40-30-16-12-28(7-4-2)13-17-30/h3-5,8-26H,1-2,6-7H2,(H2,39,41,43)(H2,40,42,44). The minimum atomic E-state index is -4.47. The molecule has 0 unspecified atom stereocenters. The smallest absolute Gasteiger partial charge is 0.339 e. The summed E-state index contributed by atoms with van der Waals surface area (Å²) in [5.74, 6) is -0.144. The summed E-state index contributed by atoms with van der Waals surface area (Å²) in [6.45, 7) is 7.40. The third kappa shape index (κ3) is 10.3. The predicted octanol–water partition coefficient (Wildman–Crippen LogP) is 7.97. The summed E-state index contributed by atoms with van der Waals surface area (Å²) in [5, 5.41) is 10.7. The van der Waals surface area contributed by atoms with E-state index < -0.39 is 42.1 Å². The number of benzene rings is 5. The second kappa shape index (κ2) is 16.6. The lowest BCUT2D eigenvalue weighted by molar-refractivity contribution is 0.261. The quantitative estimate of drug-likeness (QED) is 0.0657. The Labute approximate surface area is 302 Å². The molecule has 0 fully saturated rings. The van der Waals surface area contributed by atoms with E-state index in [0.29, 0.717) is 35.6 Å². The molecule has 5 rings (SSSR count). The normalized spacial score (nSPS) is 11.1. The Bertz CT molecular complexity index is 2120. The molecule has 5 aromatic carbocycles. The molecular weight excluding hydrogens is 705 g/mol. The summed E-state index contributed by atoms with van der Waals surface area (Å²) < 4.78 is 62.7. The molecule has 0 bridgehead atoms. The zero-order valence-corrected chi connectivity index (χ0v) is 29.2. The first kappa shape index (κ1) is 36.9. The molecule has 0 spiro atoms. The zero-order valence-electron chi connectivity index (χ0n) is 27.6. The highest BCUT2D eigenvalue weighted by Crippen LogP contribution is 2.26. The molecule has 14 heteroatoms. The van der Waals surface area contributed by atoms with E-state index in [4.69, 9.17) is 8.37 Å². The van der Waals surface area contributed by atoms with Gasteiger partial charge in [-0.25, -0.2) is 9.59 Å². The lowest BCUT2D eigenvalue weighted by Gasteiger charge is -2.12. The molecule has 4 N–H and O–H groups in total. The molecule has 0 aliphatic carbocycles. The number of hydrogen-bond acceptors (Lipinski definition) is 8. The van der Waals surface area contributed by atoms with Gasteiger partial charge in [0.05, 0.1) is 0 Å². The number of amides is 4. The van der Waals surface area contributed by atoms with Gasteiger partial charge in [0, 0.05) is 22.7 Å². The number of carbonyl (C=O) groups excluding carboxylic acids is 2. The van der Waals surface area contributed by atoms with Gasteiger partial charge in [0.1, 0.15) is 21.3 Å². The first-order chi connectivity index (χ1) is 24.9. The number of hydrogen-bond donors (Lipinski definition) is 4. The third-order valence-corrected chi connectivity index (χ3v) is 9.69. The van der Waals surface area contributed by atoms with Crippen LogP contribution >= 0.6 is 0 Å². The first-order valence-electron chi connectivity index (χ1n) is 15.7. The molecule has 0 saturated carbocycles. The van der Waals surface area contributed by atoms with Crippen LogP contribution in [0.3, 0.4) is 0 Å². The Kier molecular flexibility index (Phi) is 11.7. The largest absolute Gasteiger partial charge is 0.379 e. The molecule has 0 aliphatic rings. The van der Waals surface area contributed by atoms with Gasteiger partial charge in [0.2, 0.25) is 0 Å². The minimum Gasteiger partial charge on any atom is -0.379 e. The van der Waals surface area contributed by atoms with Gasteiger partial charge in [-0.1, -0.05) is 42.5 Å². The number of anilines is 4. The van der Waals surface area contributed by atoms with Crippen molar-refractivity contribution in [2.45, 2.75) is 22.6 Å². The summed E-state index contributed by atoms with van der Waals surface area (Å²) in [4.78, 5) is 24.0. The highest BCUT2D eigenvalue weighted by Gasteiger charge is 2.23. The fourth-order valence-electron chi connectivity index (χ4n) is 4.69. The van der Waals surface area contributed by atoms with E-state index in [1.165, 1.54) is 66.7 Å². The SMILES string of the molecule is C=CCc1ccc(NC(=O)Nc2ccc(OS(=O)(=O)c3cccc(S(=O)(=O)Oc4ccc(NC(=O)Nc5ccc(CC=C)cc5)cc4)c3)cc2)cc1. The van der Waals surface area contributed by atoms with Crippen LogP contribution in [-0.4, -0.2) is 28.9 Å². The molecule has 0 atom stereocenters. The zero-order chi connectivity index (χ0) is 37.1. The maximum absolute atomic E-state index is 13.1. The van der Waals surface area contributed by atoms with Crippen LogP contribution in [0.15, 0.2) is 156 Å². The average molecular weight is 739 g/mol. The van der Waals surface area contributed by atoms with E-state index in [1.807, 2.05) is 24.3 Å². The Hall–Kier alpha value is -6.38. The van der Waals surface area contributed by atoms with Gasteiger partial charge in [0.25, 0.3) is 0 Å². The van der Waals surface area contributed by atoms with Crippen LogP contribution in [0.2, 0.25) is 0 Å². The maximum Gasteiger partial charge on any atom is 0.339 e. The van der Waals surface area contributed by atoms with Crippen LogP contribution in [0.4, 0.5) is 32.3 Å². The van der Waals surface area contributed by atoms with Gasteiger partial charge < -0.3 is 29.6 Å². The highest BCUT2D eigenvalue weighted by molar-refractivity contribution is 7.88. The van der Waals surface area contributed by atoms with Gasteiger partial charge >= 0.3 is 32.3 Å². The number of carbonyl (C=O) groups is 2. The number of rotatable bonds is 14.